The first-order chi connectivity index (χ1) is 10.3. The number of nitrogens with one attached hydrogen (secondary N) is 1. The van der Waals surface area contributed by atoms with Crippen LogP contribution in [0.1, 0.15) is 37.8 Å². The number of carbonyl (C=O) groups is 1. The maximum Gasteiger partial charge on any atom is 0.219 e. The summed E-state index contributed by atoms with van der Waals surface area (Å²) in [6.07, 6.45) is 1.49. The van der Waals surface area contributed by atoms with Crippen molar-refractivity contribution in [3.05, 3.63) is 35.4 Å². The molecule has 1 amide bonds. The van der Waals surface area contributed by atoms with Crippen LogP contribution in [0.15, 0.2) is 24.3 Å². The number of rotatable bonds is 9. The van der Waals surface area contributed by atoms with E-state index in [9.17, 15) is 13.2 Å². The predicted molar refractivity (Wildman–Crippen MR) is 89.0 cm³/mol. The van der Waals surface area contributed by atoms with Crippen molar-refractivity contribution in [2.75, 3.05) is 18.8 Å². The maximum atomic E-state index is 11.7. The second kappa shape index (κ2) is 8.90. The van der Waals surface area contributed by atoms with Gasteiger partial charge in [0.05, 0.1) is 5.75 Å². The number of unbranched alkanes of at least 4 members (excludes halogenated alkanes) is 1. The van der Waals surface area contributed by atoms with Crippen LogP contribution >= 0.6 is 0 Å². The molecule has 0 unspecified atom stereocenters. The summed E-state index contributed by atoms with van der Waals surface area (Å²) >= 11 is 0. The molecule has 6 heteroatoms. The van der Waals surface area contributed by atoms with E-state index in [0.717, 1.165) is 12.0 Å². The first-order valence-corrected chi connectivity index (χ1v) is 9.27. The fourth-order valence-electron chi connectivity index (χ4n) is 2.00. The highest BCUT2D eigenvalue weighted by Gasteiger charge is 2.12. The van der Waals surface area contributed by atoms with Crippen molar-refractivity contribution in [2.24, 2.45) is 0 Å². The number of carbonyl (C=O) groups excluding carboxylic acids is 1. The quantitative estimate of drug-likeness (QED) is 0.755. The van der Waals surface area contributed by atoms with Crippen molar-refractivity contribution < 1.29 is 13.2 Å². The second-order valence-corrected chi connectivity index (χ2v) is 7.42. The third-order valence-corrected chi connectivity index (χ3v) is 4.88. The normalized spacial score (nSPS) is 11.4. The van der Waals surface area contributed by atoms with Crippen LogP contribution in [-0.2, 0) is 21.4 Å². The van der Waals surface area contributed by atoms with Crippen LogP contribution < -0.4 is 4.72 Å². The molecule has 1 rings (SSSR count). The zero-order valence-corrected chi connectivity index (χ0v) is 14.4. The molecule has 0 aliphatic rings. The Morgan fingerprint density at radius 2 is 1.86 bits per heavy atom. The summed E-state index contributed by atoms with van der Waals surface area (Å²) in [4.78, 5) is 13.3. The van der Waals surface area contributed by atoms with Gasteiger partial charge in [-0.2, -0.15) is 0 Å². The van der Waals surface area contributed by atoms with Gasteiger partial charge in [-0.15, -0.1) is 0 Å². The first kappa shape index (κ1) is 18.6. The van der Waals surface area contributed by atoms with Gasteiger partial charge in [0.15, 0.2) is 0 Å². The molecule has 0 saturated heterocycles. The van der Waals surface area contributed by atoms with Gasteiger partial charge in [0.2, 0.25) is 15.9 Å². The van der Waals surface area contributed by atoms with Gasteiger partial charge in [-0.05, 0) is 18.9 Å². The van der Waals surface area contributed by atoms with Crippen molar-refractivity contribution in [2.45, 2.75) is 40.2 Å². The Morgan fingerprint density at radius 3 is 2.41 bits per heavy atom. The summed E-state index contributed by atoms with van der Waals surface area (Å²) in [5, 5.41) is 0. The number of hydrogen-bond donors (Lipinski definition) is 1. The fourth-order valence-corrected chi connectivity index (χ4v) is 3.22. The minimum Gasteiger partial charge on any atom is -0.337 e. The van der Waals surface area contributed by atoms with Crippen LogP contribution in [0.3, 0.4) is 0 Å². The molecule has 0 bridgehead atoms. The molecule has 124 valence electrons. The zero-order chi connectivity index (χ0) is 16.6. The molecule has 1 aromatic carbocycles. The summed E-state index contributed by atoms with van der Waals surface area (Å²) in [7, 11) is -3.23. The lowest BCUT2D eigenvalue weighted by Gasteiger charge is -2.21. The summed E-state index contributed by atoms with van der Waals surface area (Å²) in [6.45, 7) is 6.57. The average Bonchev–Trinajstić information content (AvgIpc) is 2.46. The van der Waals surface area contributed by atoms with E-state index >= 15 is 0 Å². The topological polar surface area (TPSA) is 66.5 Å². The van der Waals surface area contributed by atoms with E-state index < -0.39 is 10.0 Å². The Bertz CT molecular complexity index is 568. The van der Waals surface area contributed by atoms with E-state index in [4.69, 9.17) is 0 Å². The van der Waals surface area contributed by atoms with Crippen LogP contribution in [0.4, 0.5) is 0 Å². The molecule has 0 heterocycles. The van der Waals surface area contributed by atoms with Crippen LogP contribution in [-0.4, -0.2) is 38.1 Å². The number of benzene rings is 1. The number of amides is 1. The molecule has 5 nitrogen and oxygen atoms in total. The standard InChI is InChI=1S/C16H26N2O3S/c1-4-5-12-22(20,21)17-10-11-18(15(3)19)13-16-8-6-14(2)7-9-16/h6-9,17H,4-5,10-13H2,1-3H3. The Morgan fingerprint density at radius 1 is 1.23 bits per heavy atom. The lowest BCUT2D eigenvalue weighted by molar-refractivity contribution is -0.129. The molecule has 0 aromatic heterocycles. The minimum atomic E-state index is -3.23. The highest BCUT2D eigenvalue weighted by molar-refractivity contribution is 7.89. The summed E-state index contributed by atoms with van der Waals surface area (Å²) in [5.41, 5.74) is 2.21. The Balaban J connectivity index is 2.51. The second-order valence-electron chi connectivity index (χ2n) is 5.49. The van der Waals surface area contributed by atoms with E-state index in [1.807, 2.05) is 38.1 Å². The van der Waals surface area contributed by atoms with E-state index in [2.05, 4.69) is 4.72 Å². The number of hydrogen-bond acceptors (Lipinski definition) is 3. The van der Waals surface area contributed by atoms with E-state index in [1.165, 1.54) is 12.5 Å². The SMILES string of the molecule is CCCCS(=O)(=O)NCCN(Cc1ccc(C)cc1)C(C)=O. The van der Waals surface area contributed by atoms with Crippen molar-refractivity contribution in [3.63, 3.8) is 0 Å². The minimum absolute atomic E-state index is 0.0617. The van der Waals surface area contributed by atoms with Crippen LogP contribution in [0, 0.1) is 6.92 Å². The van der Waals surface area contributed by atoms with Crippen LogP contribution in [0.25, 0.3) is 0 Å². The Hall–Kier alpha value is -1.40. The Kier molecular flexibility index (Phi) is 7.55. The summed E-state index contributed by atoms with van der Waals surface area (Å²) < 4.78 is 26.0. The van der Waals surface area contributed by atoms with E-state index in [0.29, 0.717) is 19.5 Å². The largest absolute Gasteiger partial charge is 0.337 e. The van der Waals surface area contributed by atoms with Gasteiger partial charge in [-0.3, -0.25) is 4.79 Å². The van der Waals surface area contributed by atoms with Crippen molar-refractivity contribution in [3.8, 4) is 0 Å². The van der Waals surface area contributed by atoms with Crippen LogP contribution in [0.5, 0.6) is 0 Å². The molecule has 0 atom stereocenters. The van der Waals surface area contributed by atoms with Gasteiger partial charge in [-0.25, -0.2) is 13.1 Å². The number of aryl methyl sites for hydroxylation is 1. The fraction of sp³-hybridized carbons (Fsp3) is 0.562. The molecule has 0 aliphatic carbocycles. The van der Waals surface area contributed by atoms with Crippen LogP contribution in [0.2, 0.25) is 0 Å². The van der Waals surface area contributed by atoms with Gasteiger partial charge in [0.1, 0.15) is 0 Å². The summed E-state index contributed by atoms with van der Waals surface area (Å²) in [6, 6.07) is 7.97. The molecular weight excluding hydrogens is 300 g/mol. The summed E-state index contributed by atoms with van der Waals surface area (Å²) in [5.74, 6) is 0.0787. The molecule has 1 aromatic rings. The molecule has 0 saturated carbocycles. The molecule has 22 heavy (non-hydrogen) atoms. The van der Waals surface area contributed by atoms with Gasteiger partial charge in [0, 0.05) is 26.6 Å². The molecule has 0 fully saturated rings. The van der Waals surface area contributed by atoms with Gasteiger partial charge in [0.25, 0.3) is 0 Å². The average molecular weight is 326 g/mol. The molecule has 0 aliphatic heterocycles. The third-order valence-electron chi connectivity index (χ3n) is 3.41. The first-order valence-electron chi connectivity index (χ1n) is 7.62. The smallest absolute Gasteiger partial charge is 0.219 e. The maximum absolute atomic E-state index is 11.7. The van der Waals surface area contributed by atoms with Gasteiger partial charge in [-0.1, -0.05) is 43.2 Å². The number of nitrogens with zero attached hydrogens (tertiary/aromatic N) is 1. The number of sulfonamides is 1. The third kappa shape index (κ3) is 7.04. The van der Waals surface area contributed by atoms with Crippen molar-refractivity contribution in [1.29, 1.82) is 0 Å². The Labute approximate surface area is 133 Å². The highest BCUT2D eigenvalue weighted by Crippen LogP contribution is 2.07. The molecule has 0 radical (unpaired) electrons. The monoisotopic (exact) mass is 326 g/mol. The molecule has 0 spiro atoms. The van der Waals surface area contributed by atoms with E-state index in [1.54, 1.807) is 4.90 Å². The zero-order valence-electron chi connectivity index (χ0n) is 13.6. The predicted octanol–water partition coefficient (Wildman–Crippen LogP) is 2.06. The van der Waals surface area contributed by atoms with Gasteiger partial charge < -0.3 is 4.90 Å². The van der Waals surface area contributed by atoms with Crippen molar-refractivity contribution >= 4 is 15.9 Å². The van der Waals surface area contributed by atoms with Gasteiger partial charge >= 0.3 is 0 Å². The molecular formula is C16H26N2O3S. The highest BCUT2D eigenvalue weighted by atomic mass is 32.2. The van der Waals surface area contributed by atoms with Crippen molar-refractivity contribution in [1.82, 2.24) is 9.62 Å². The molecule has 1 N–H and O–H groups in total. The lowest BCUT2D eigenvalue weighted by atomic mass is 10.1. The lowest BCUT2D eigenvalue weighted by Crippen LogP contribution is -2.37. The van der Waals surface area contributed by atoms with E-state index in [-0.39, 0.29) is 18.2 Å².